The summed E-state index contributed by atoms with van der Waals surface area (Å²) in [5.74, 6) is -3.71. The summed E-state index contributed by atoms with van der Waals surface area (Å²) in [5.41, 5.74) is 1.11. The number of hydrogen-bond acceptors (Lipinski definition) is 8. The van der Waals surface area contributed by atoms with Crippen LogP contribution >= 0.6 is 0 Å². The molecule has 0 aromatic heterocycles. The molecular weight excluding hydrogens is 666 g/mol. The third-order valence-corrected chi connectivity index (χ3v) is 10.7. The van der Waals surface area contributed by atoms with Crippen LogP contribution in [0.3, 0.4) is 0 Å². The van der Waals surface area contributed by atoms with Gasteiger partial charge in [0.15, 0.2) is 0 Å². The van der Waals surface area contributed by atoms with E-state index in [1.54, 1.807) is 30.8 Å². The van der Waals surface area contributed by atoms with Crippen molar-refractivity contribution in [2.75, 3.05) is 34.9 Å². The molecule has 1 aliphatic carbocycles. The van der Waals surface area contributed by atoms with E-state index in [9.17, 15) is 29.1 Å². The number of carbonyl (C=O) groups is 5. The molecule has 13 heteroatoms. The smallest absolute Gasteiger partial charge is 0.326 e. The van der Waals surface area contributed by atoms with E-state index in [2.05, 4.69) is 15.6 Å². The number of carboxylic acids is 1. The molecule has 8 atom stereocenters. The Kier molecular flexibility index (Phi) is 18.3. The van der Waals surface area contributed by atoms with Gasteiger partial charge in [0, 0.05) is 33.7 Å². The number of allylic oxidation sites excluding steroid dienone is 3. The number of nitrogens with one attached hydrogen (secondary N) is 2. The van der Waals surface area contributed by atoms with E-state index >= 15 is 0 Å². The molecule has 52 heavy (non-hydrogen) atoms. The average Bonchev–Trinajstić information content (AvgIpc) is 3.59. The summed E-state index contributed by atoms with van der Waals surface area (Å²) >= 11 is 0. The maximum atomic E-state index is 14.1. The van der Waals surface area contributed by atoms with Gasteiger partial charge >= 0.3 is 5.97 Å². The first-order chi connectivity index (χ1) is 24.5. The summed E-state index contributed by atoms with van der Waals surface area (Å²) in [6, 6.07) is -2.54. The number of carbonyl (C=O) groups excluding carboxylic acids is 4. The van der Waals surface area contributed by atoms with Gasteiger partial charge in [0.1, 0.15) is 11.8 Å². The second-order valence-electron chi connectivity index (χ2n) is 15.0. The number of carboxylic acid groups (broad SMARTS) is 1. The van der Waals surface area contributed by atoms with E-state index in [4.69, 9.17) is 9.47 Å². The first-order valence-electron chi connectivity index (χ1n) is 18.8. The minimum atomic E-state index is -1.11. The third-order valence-electron chi connectivity index (χ3n) is 10.7. The molecule has 1 heterocycles. The van der Waals surface area contributed by atoms with Gasteiger partial charge in [0.2, 0.25) is 11.8 Å². The van der Waals surface area contributed by atoms with Crippen molar-refractivity contribution < 1.29 is 38.6 Å². The number of amides is 4. The van der Waals surface area contributed by atoms with Crippen molar-refractivity contribution in [3.63, 3.8) is 0 Å². The summed E-state index contributed by atoms with van der Waals surface area (Å²) in [6.45, 7) is 13.6. The highest BCUT2D eigenvalue weighted by Gasteiger charge is 2.43. The molecule has 0 radical (unpaired) electrons. The Labute approximate surface area is 311 Å². The van der Waals surface area contributed by atoms with Crippen LogP contribution in [0.5, 0.6) is 0 Å². The average molecular weight is 732 g/mol. The van der Waals surface area contributed by atoms with Crippen LogP contribution in [-0.2, 0) is 33.4 Å². The molecule has 0 spiro atoms. The Morgan fingerprint density at radius 3 is 2.25 bits per heavy atom. The molecule has 1 fully saturated rings. The molecule has 1 aliphatic heterocycles. The number of nitrogens with zero attached hydrogens (tertiary/aromatic N) is 3. The number of aliphatic imine (C=N–C) groups is 1. The van der Waals surface area contributed by atoms with Gasteiger partial charge in [0.05, 0.1) is 42.7 Å². The van der Waals surface area contributed by atoms with Crippen LogP contribution in [0.4, 0.5) is 0 Å². The van der Waals surface area contributed by atoms with Gasteiger partial charge in [-0.2, -0.15) is 0 Å². The molecule has 2 aliphatic rings. The number of aliphatic carboxylic acids is 1. The van der Waals surface area contributed by atoms with Gasteiger partial charge in [-0.25, -0.2) is 9.79 Å². The number of hydrogen-bond donors (Lipinski definition) is 3. The lowest BCUT2D eigenvalue weighted by molar-refractivity contribution is -0.146. The monoisotopic (exact) mass is 731 g/mol. The lowest BCUT2D eigenvalue weighted by Gasteiger charge is -2.39. The fourth-order valence-electron chi connectivity index (χ4n) is 7.42. The SMILES string of the molecule is CC[C@H](C)C([C@@H](CC(=O)N1CCC[C@H]1[C@H](OC)[C@@H](C)C(=O)N[C@H](CC1=CC=CCC1)C(=O)O)OC)N(C)C(=O)C(=NC(=O)[C@@H](NC)C(C)C)C(C)C. The van der Waals surface area contributed by atoms with Gasteiger partial charge < -0.3 is 35.0 Å². The van der Waals surface area contributed by atoms with Crippen LogP contribution in [0.15, 0.2) is 28.8 Å². The highest BCUT2D eigenvalue weighted by atomic mass is 16.5. The van der Waals surface area contributed by atoms with Gasteiger partial charge in [-0.3, -0.25) is 19.2 Å². The minimum Gasteiger partial charge on any atom is -0.480 e. The summed E-state index contributed by atoms with van der Waals surface area (Å²) in [5, 5.41) is 15.6. The highest BCUT2D eigenvalue weighted by molar-refractivity contribution is 6.41. The number of rotatable bonds is 20. The van der Waals surface area contributed by atoms with Crippen molar-refractivity contribution in [1.29, 1.82) is 0 Å². The zero-order valence-corrected chi connectivity index (χ0v) is 33.3. The van der Waals surface area contributed by atoms with Crippen LogP contribution in [0.25, 0.3) is 0 Å². The van der Waals surface area contributed by atoms with E-state index in [-0.39, 0.29) is 42.2 Å². The van der Waals surface area contributed by atoms with Crippen molar-refractivity contribution >= 4 is 35.3 Å². The molecule has 2 rings (SSSR count). The number of likely N-dealkylation sites (N-methyl/N-ethyl adjacent to an activating group) is 2. The van der Waals surface area contributed by atoms with Crippen LogP contribution < -0.4 is 10.6 Å². The first-order valence-corrected chi connectivity index (χ1v) is 18.8. The zero-order valence-electron chi connectivity index (χ0n) is 33.3. The Morgan fingerprint density at radius 2 is 1.75 bits per heavy atom. The Bertz CT molecular complexity index is 1330. The summed E-state index contributed by atoms with van der Waals surface area (Å²) in [7, 11) is 6.39. The maximum Gasteiger partial charge on any atom is 0.326 e. The molecule has 0 aromatic carbocycles. The van der Waals surface area contributed by atoms with Gasteiger partial charge in [-0.05, 0) is 51.0 Å². The minimum absolute atomic E-state index is 0.0210. The van der Waals surface area contributed by atoms with Crippen LogP contribution in [0.2, 0.25) is 0 Å². The second-order valence-corrected chi connectivity index (χ2v) is 15.0. The number of ether oxygens (including phenoxy) is 2. The zero-order chi connectivity index (χ0) is 39.3. The molecule has 0 saturated carbocycles. The molecule has 0 bridgehead atoms. The molecular formula is C39H65N5O8. The molecule has 0 aromatic rings. The van der Waals surface area contributed by atoms with E-state index in [1.807, 2.05) is 59.8 Å². The molecule has 1 saturated heterocycles. The predicted octanol–water partition coefficient (Wildman–Crippen LogP) is 4.01. The standard InChI is InChI=1S/C39H65N5O8/c1-12-25(6)34(43(9)38(48)33(24(4)5)42-37(47)32(40-8)23(2)3)30(51-10)22-31(45)44-20-16-19-29(44)35(52-11)26(7)36(46)41-28(39(49)50)21-27-17-14-13-15-18-27/h13-14,17,23-26,28-30,32,34-35,40H,12,15-16,18-22H2,1-11H3,(H,41,46)(H,49,50)/t25-,26+,28+,29-,30+,32-,34?,35+/m0/s1. The number of likely N-dealkylation sites (tertiary alicyclic amines) is 1. The van der Waals surface area contributed by atoms with Gasteiger partial charge in [-0.15, -0.1) is 0 Å². The predicted molar refractivity (Wildman–Crippen MR) is 202 cm³/mol. The Hall–Kier alpha value is -3.42. The Balaban J connectivity index is 2.29. The fraction of sp³-hybridized carbons (Fsp3) is 0.744. The quantitative estimate of drug-likeness (QED) is 0.157. The van der Waals surface area contributed by atoms with E-state index in [1.165, 1.54) is 14.2 Å². The van der Waals surface area contributed by atoms with Crippen molar-refractivity contribution in [2.24, 2.45) is 28.7 Å². The van der Waals surface area contributed by atoms with Crippen molar-refractivity contribution in [3.05, 3.63) is 23.8 Å². The normalized spacial score (nSPS) is 20.5. The summed E-state index contributed by atoms with van der Waals surface area (Å²) in [4.78, 5) is 74.4. The lowest BCUT2D eigenvalue weighted by atomic mass is 9.89. The van der Waals surface area contributed by atoms with Crippen molar-refractivity contribution in [2.45, 2.75) is 130 Å². The lowest BCUT2D eigenvalue weighted by Crippen LogP contribution is -2.55. The second kappa shape index (κ2) is 21.3. The topological polar surface area (TPSA) is 167 Å². The molecule has 3 N–H and O–H groups in total. The van der Waals surface area contributed by atoms with E-state index in [0.717, 1.165) is 18.4 Å². The van der Waals surface area contributed by atoms with Gasteiger partial charge in [0.25, 0.3) is 11.8 Å². The highest BCUT2D eigenvalue weighted by Crippen LogP contribution is 2.30. The summed E-state index contributed by atoms with van der Waals surface area (Å²) in [6.07, 6.45) is 8.25. The number of methoxy groups -OCH3 is 2. The van der Waals surface area contributed by atoms with Crippen LogP contribution in [0.1, 0.15) is 93.4 Å². The van der Waals surface area contributed by atoms with Gasteiger partial charge in [-0.1, -0.05) is 78.7 Å². The molecule has 13 nitrogen and oxygen atoms in total. The van der Waals surface area contributed by atoms with E-state index < -0.39 is 66.0 Å². The van der Waals surface area contributed by atoms with Crippen molar-refractivity contribution in [1.82, 2.24) is 20.4 Å². The maximum absolute atomic E-state index is 14.1. The first kappa shape index (κ1) is 44.7. The van der Waals surface area contributed by atoms with Crippen LogP contribution in [-0.4, -0.2) is 121 Å². The fourth-order valence-corrected chi connectivity index (χ4v) is 7.42. The Morgan fingerprint density at radius 1 is 1.08 bits per heavy atom. The van der Waals surface area contributed by atoms with Crippen LogP contribution in [0, 0.1) is 23.7 Å². The molecule has 1 unspecified atom stereocenters. The summed E-state index contributed by atoms with van der Waals surface area (Å²) < 4.78 is 11.8. The molecule has 4 amide bonds. The third kappa shape index (κ3) is 11.8. The van der Waals surface area contributed by atoms with E-state index in [0.29, 0.717) is 25.8 Å². The largest absolute Gasteiger partial charge is 0.480 e. The molecule has 294 valence electrons. The van der Waals surface area contributed by atoms with Crippen molar-refractivity contribution in [3.8, 4) is 0 Å².